The number of fused-ring (bicyclic) bond motifs is 1. The number of nitrogens with one attached hydrogen (secondary N) is 1. The number of ether oxygens (including phenoxy) is 3. The zero-order valence-electron chi connectivity index (χ0n) is 20.2. The monoisotopic (exact) mass is 494 g/mol. The summed E-state index contributed by atoms with van der Waals surface area (Å²) in [6.07, 6.45) is 5.15. The fraction of sp³-hybridized carbons (Fsp3) is 0.320. The lowest BCUT2D eigenvalue weighted by atomic mass is 10.2. The molecule has 1 saturated heterocycles. The van der Waals surface area contributed by atoms with Gasteiger partial charge in [-0.3, -0.25) is 0 Å². The van der Waals surface area contributed by atoms with Gasteiger partial charge in [-0.15, -0.1) is 0 Å². The van der Waals surface area contributed by atoms with Crippen molar-refractivity contribution in [3.63, 3.8) is 0 Å². The molecule has 0 unspecified atom stereocenters. The topological polar surface area (TPSA) is 107 Å². The molecule has 2 aromatic carbocycles. The van der Waals surface area contributed by atoms with Crippen LogP contribution in [0.1, 0.15) is 12.8 Å². The molecule has 0 radical (unpaired) electrons. The highest BCUT2D eigenvalue weighted by Gasteiger charge is 2.27. The second-order valence-corrected chi connectivity index (χ2v) is 8.35. The van der Waals surface area contributed by atoms with Gasteiger partial charge in [-0.05, 0) is 25.0 Å². The molecule has 1 aliphatic heterocycles. The van der Waals surface area contributed by atoms with Gasteiger partial charge in [0.05, 0.1) is 56.8 Å². The minimum Gasteiger partial charge on any atom is -0.493 e. The minimum atomic E-state index is -0.439. The Labute approximate surface area is 207 Å². The van der Waals surface area contributed by atoms with Crippen LogP contribution in [-0.2, 0) is 0 Å². The zero-order valence-corrected chi connectivity index (χ0v) is 20.2. The van der Waals surface area contributed by atoms with Crippen LogP contribution in [0.5, 0.6) is 17.2 Å². The lowest BCUT2D eigenvalue weighted by molar-refractivity contribution is 0.265. The van der Waals surface area contributed by atoms with Gasteiger partial charge < -0.3 is 34.1 Å². The molecule has 4 aromatic rings. The van der Waals surface area contributed by atoms with Gasteiger partial charge in [0.1, 0.15) is 23.8 Å². The molecule has 0 bridgehead atoms. The molecule has 188 valence electrons. The Balaban J connectivity index is 1.53. The molecule has 1 fully saturated rings. The predicted octanol–water partition coefficient (Wildman–Crippen LogP) is 3.69. The van der Waals surface area contributed by atoms with E-state index in [0.717, 1.165) is 25.1 Å². The molecular weight excluding hydrogens is 467 g/mol. The van der Waals surface area contributed by atoms with Gasteiger partial charge in [-0.25, -0.2) is 14.4 Å². The van der Waals surface area contributed by atoms with Gasteiger partial charge in [-0.2, -0.15) is 4.98 Å². The standard InChI is InChI=1S/C25H27FN6O4/c1-34-19-10-16(11-20(35-2)23(19)36-3)31-12-21(27-14-31)29-24-22-17(26)7-4-8-18(22)28-25(30-24)32-9-5-6-15(32)13-33/h4,7-8,10-12,14-15,33H,5-6,9,13H2,1-3H3,(H,28,29,30)/t15-/m0/s1. The molecule has 5 rings (SSSR count). The third-order valence-corrected chi connectivity index (χ3v) is 6.28. The molecule has 2 N–H and O–H groups in total. The molecule has 0 amide bonds. The summed E-state index contributed by atoms with van der Waals surface area (Å²) in [6.45, 7) is 0.730. The molecule has 36 heavy (non-hydrogen) atoms. The summed E-state index contributed by atoms with van der Waals surface area (Å²) in [5.41, 5.74) is 1.20. The Morgan fingerprint density at radius 3 is 2.58 bits per heavy atom. The molecule has 10 nitrogen and oxygen atoms in total. The first-order valence-electron chi connectivity index (χ1n) is 11.5. The van der Waals surface area contributed by atoms with E-state index < -0.39 is 5.82 Å². The number of rotatable bonds is 8. The Bertz CT molecular complexity index is 1370. The lowest BCUT2D eigenvalue weighted by Gasteiger charge is -2.24. The van der Waals surface area contributed by atoms with E-state index in [9.17, 15) is 9.50 Å². The molecule has 1 atom stereocenters. The van der Waals surface area contributed by atoms with Crippen molar-refractivity contribution in [2.24, 2.45) is 0 Å². The van der Waals surface area contributed by atoms with Crippen LogP contribution in [0.3, 0.4) is 0 Å². The van der Waals surface area contributed by atoms with Gasteiger partial charge in [-0.1, -0.05) is 6.07 Å². The van der Waals surface area contributed by atoms with E-state index in [1.807, 2.05) is 4.90 Å². The highest BCUT2D eigenvalue weighted by molar-refractivity contribution is 5.92. The second-order valence-electron chi connectivity index (χ2n) is 8.35. The molecule has 1 aliphatic rings. The van der Waals surface area contributed by atoms with E-state index in [2.05, 4.69) is 20.3 Å². The van der Waals surface area contributed by atoms with E-state index >= 15 is 0 Å². The fourth-order valence-corrected chi connectivity index (χ4v) is 4.50. The fourth-order valence-electron chi connectivity index (χ4n) is 4.50. The summed E-state index contributed by atoms with van der Waals surface area (Å²) < 4.78 is 32.9. The molecule has 3 heterocycles. The van der Waals surface area contributed by atoms with Crippen LogP contribution in [0.15, 0.2) is 42.9 Å². The number of halogens is 1. The number of aliphatic hydroxyl groups excluding tert-OH is 1. The van der Waals surface area contributed by atoms with Crippen LogP contribution in [0, 0.1) is 5.82 Å². The number of hydrogen-bond acceptors (Lipinski definition) is 9. The number of imidazole rings is 1. The number of aliphatic hydroxyl groups is 1. The van der Waals surface area contributed by atoms with Crippen molar-refractivity contribution in [1.29, 1.82) is 0 Å². The average molecular weight is 495 g/mol. The number of benzene rings is 2. The first-order chi connectivity index (χ1) is 17.6. The third-order valence-electron chi connectivity index (χ3n) is 6.28. The van der Waals surface area contributed by atoms with Crippen LogP contribution in [0.2, 0.25) is 0 Å². The highest BCUT2D eigenvalue weighted by atomic mass is 19.1. The van der Waals surface area contributed by atoms with Crippen molar-refractivity contribution in [2.45, 2.75) is 18.9 Å². The molecule has 0 spiro atoms. The molecular formula is C25H27FN6O4. The third kappa shape index (κ3) is 4.22. The summed E-state index contributed by atoms with van der Waals surface area (Å²) in [6, 6.07) is 8.26. The molecule has 11 heteroatoms. The van der Waals surface area contributed by atoms with Gasteiger partial charge in [0, 0.05) is 18.7 Å². The Morgan fingerprint density at radius 1 is 1.11 bits per heavy atom. The quantitative estimate of drug-likeness (QED) is 0.379. The summed E-state index contributed by atoms with van der Waals surface area (Å²) in [7, 11) is 4.65. The number of anilines is 3. The minimum absolute atomic E-state index is 0.00645. The lowest BCUT2D eigenvalue weighted by Crippen LogP contribution is -2.33. The predicted molar refractivity (Wildman–Crippen MR) is 133 cm³/mol. The Hall–Kier alpha value is -4.12. The molecule has 2 aromatic heterocycles. The maximum Gasteiger partial charge on any atom is 0.228 e. The summed E-state index contributed by atoms with van der Waals surface area (Å²) >= 11 is 0. The molecule has 0 saturated carbocycles. The van der Waals surface area contributed by atoms with Crippen molar-refractivity contribution < 1.29 is 23.7 Å². The highest BCUT2D eigenvalue weighted by Crippen LogP contribution is 2.39. The van der Waals surface area contributed by atoms with Gasteiger partial charge >= 0.3 is 0 Å². The van der Waals surface area contributed by atoms with Crippen LogP contribution in [0.4, 0.5) is 22.0 Å². The van der Waals surface area contributed by atoms with Crippen LogP contribution in [-0.4, -0.2) is 65.1 Å². The summed E-state index contributed by atoms with van der Waals surface area (Å²) in [5.74, 6) is 2.26. The van der Waals surface area contributed by atoms with E-state index in [1.54, 1.807) is 62.7 Å². The first kappa shape index (κ1) is 23.6. The smallest absolute Gasteiger partial charge is 0.228 e. The van der Waals surface area contributed by atoms with Crippen molar-refractivity contribution in [2.75, 3.05) is 44.7 Å². The van der Waals surface area contributed by atoms with Crippen LogP contribution in [0.25, 0.3) is 16.6 Å². The average Bonchev–Trinajstić information content (AvgIpc) is 3.57. The van der Waals surface area contributed by atoms with Crippen molar-refractivity contribution in [3.05, 3.63) is 48.7 Å². The van der Waals surface area contributed by atoms with Gasteiger partial charge in [0.25, 0.3) is 0 Å². The maximum absolute atomic E-state index is 14.9. The van der Waals surface area contributed by atoms with E-state index in [0.29, 0.717) is 40.3 Å². The number of hydrogen-bond donors (Lipinski definition) is 2. The number of nitrogens with zero attached hydrogens (tertiary/aromatic N) is 5. The van der Waals surface area contributed by atoms with Gasteiger partial charge in [0.2, 0.25) is 11.7 Å². The van der Waals surface area contributed by atoms with E-state index in [4.69, 9.17) is 14.2 Å². The van der Waals surface area contributed by atoms with Crippen LogP contribution < -0.4 is 24.4 Å². The number of aromatic nitrogens is 4. The zero-order chi connectivity index (χ0) is 25.2. The van der Waals surface area contributed by atoms with Crippen molar-refractivity contribution >= 4 is 28.5 Å². The second kappa shape index (κ2) is 9.86. The summed E-state index contributed by atoms with van der Waals surface area (Å²) in [4.78, 5) is 15.6. The largest absolute Gasteiger partial charge is 0.493 e. The normalized spacial score (nSPS) is 15.4. The maximum atomic E-state index is 14.9. The van der Waals surface area contributed by atoms with Gasteiger partial charge in [0.15, 0.2) is 11.5 Å². The van der Waals surface area contributed by atoms with Crippen molar-refractivity contribution in [1.82, 2.24) is 19.5 Å². The Kier molecular flexibility index (Phi) is 6.47. The Morgan fingerprint density at radius 2 is 1.89 bits per heavy atom. The summed E-state index contributed by atoms with van der Waals surface area (Å²) in [5, 5.41) is 13.2. The number of methoxy groups -OCH3 is 3. The first-order valence-corrected chi connectivity index (χ1v) is 11.5. The van der Waals surface area contributed by atoms with Crippen molar-refractivity contribution in [3.8, 4) is 22.9 Å². The molecule has 0 aliphatic carbocycles. The van der Waals surface area contributed by atoms with Crippen LogP contribution >= 0.6 is 0 Å². The SMILES string of the molecule is COc1cc(-n2cnc(Nc3nc(N4CCC[C@H]4CO)nc4cccc(F)c34)c2)cc(OC)c1OC. The van der Waals surface area contributed by atoms with E-state index in [1.165, 1.54) is 6.07 Å². The van der Waals surface area contributed by atoms with E-state index in [-0.39, 0.29) is 18.0 Å².